The molecule has 34 heavy (non-hydrogen) atoms. The molecule has 0 N–H and O–H groups in total. The average molecular weight is 490 g/mol. The summed E-state index contributed by atoms with van der Waals surface area (Å²) >= 11 is 1.29. The minimum absolute atomic E-state index is 0.261. The smallest absolute Gasteiger partial charge is 0.260 e. The van der Waals surface area contributed by atoms with Gasteiger partial charge in [0.05, 0.1) is 24.5 Å². The molecule has 0 atom stereocenters. The first-order chi connectivity index (χ1) is 16.4. The van der Waals surface area contributed by atoms with Crippen LogP contribution >= 0.6 is 11.3 Å². The first kappa shape index (κ1) is 25.7. The summed E-state index contributed by atoms with van der Waals surface area (Å²) in [7, 11) is 3.96. The van der Waals surface area contributed by atoms with Crippen molar-refractivity contribution in [3.8, 4) is 17.2 Å². The predicted molar refractivity (Wildman–Crippen MR) is 134 cm³/mol. The van der Waals surface area contributed by atoms with E-state index in [4.69, 9.17) is 14.2 Å². The van der Waals surface area contributed by atoms with Crippen LogP contribution in [0, 0.1) is 5.82 Å². The number of hydrogen-bond donors (Lipinski definition) is 0. The van der Waals surface area contributed by atoms with Crippen molar-refractivity contribution in [3.63, 3.8) is 0 Å². The lowest BCUT2D eigenvalue weighted by atomic mass is 10.1. The molecular weight excluding hydrogens is 457 g/mol. The van der Waals surface area contributed by atoms with Gasteiger partial charge in [-0.25, -0.2) is 9.37 Å². The molecule has 3 aromatic rings. The number of ether oxygens (including phenoxy) is 3. The highest BCUT2D eigenvalue weighted by molar-refractivity contribution is 7.22. The molecule has 2 aromatic carbocycles. The van der Waals surface area contributed by atoms with Crippen LogP contribution < -0.4 is 19.1 Å². The van der Waals surface area contributed by atoms with Crippen molar-refractivity contribution in [2.75, 3.05) is 51.9 Å². The summed E-state index contributed by atoms with van der Waals surface area (Å²) in [6, 6.07) is 8.17. The zero-order valence-corrected chi connectivity index (χ0v) is 21.2. The molecule has 1 heterocycles. The van der Waals surface area contributed by atoms with Gasteiger partial charge < -0.3 is 19.1 Å². The number of hydrogen-bond acceptors (Lipinski definition) is 7. The summed E-state index contributed by atoms with van der Waals surface area (Å²) in [5, 5.41) is 0.452. The van der Waals surface area contributed by atoms with Gasteiger partial charge in [0.1, 0.15) is 11.3 Å². The van der Waals surface area contributed by atoms with E-state index in [1.54, 1.807) is 29.2 Å². The van der Waals surface area contributed by atoms with Crippen LogP contribution in [0.3, 0.4) is 0 Å². The van der Waals surface area contributed by atoms with Gasteiger partial charge in [-0.1, -0.05) is 17.4 Å². The zero-order chi connectivity index (χ0) is 24.7. The first-order valence-corrected chi connectivity index (χ1v) is 12.3. The third-order valence-corrected chi connectivity index (χ3v) is 6.02. The summed E-state index contributed by atoms with van der Waals surface area (Å²) in [5.74, 6) is 0.704. The van der Waals surface area contributed by atoms with Crippen LogP contribution in [-0.2, 0) is 0 Å². The molecule has 7 nitrogen and oxygen atoms in total. The largest absolute Gasteiger partial charge is 0.490 e. The van der Waals surface area contributed by atoms with Crippen molar-refractivity contribution >= 4 is 32.6 Å². The number of halogens is 1. The van der Waals surface area contributed by atoms with E-state index in [-0.39, 0.29) is 11.4 Å². The third kappa shape index (κ3) is 5.95. The van der Waals surface area contributed by atoms with Crippen LogP contribution in [0.25, 0.3) is 10.2 Å². The number of anilines is 1. The van der Waals surface area contributed by atoms with Crippen LogP contribution in [-0.4, -0.2) is 62.8 Å². The maximum absolute atomic E-state index is 14.3. The Morgan fingerprint density at radius 3 is 2.21 bits per heavy atom. The van der Waals surface area contributed by atoms with Crippen LogP contribution in [0.2, 0.25) is 0 Å². The summed E-state index contributed by atoms with van der Waals surface area (Å²) in [6.07, 6.45) is 0.727. The van der Waals surface area contributed by atoms with E-state index in [1.807, 2.05) is 34.9 Å². The van der Waals surface area contributed by atoms with Gasteiger partial charge >= 0.3 is 0 Å². The number of carbonyl (C=O) groups is 1. The molecule has 1 aromatic heterocycles. The topological polar surface area (TPSA) is 64.1 Å². The minimum Gasteiger partial charge on any atom is -0.490 e. The molecule has 0 saturated carbocycles. The van der Waals surface area contributed by atoms with Crippen LogP contribution in [0.5, 0.6) is 17.2 Å². The van der Waals surface area contributed by atoms with E-state index in [0.29, 0.717) is 59.0 Å². The van der Waals surface area contributed by atoms with Gasteiger partial charge in [-0.3, -0.25) is 9.69 Å². The van der Waals surface area contributed by atoms with Crippen molar-refractivity contribution in [2.45, 2.75) is 27.2 Å². The summed E-state index contributed by atoms with van der Waals surface area (Å²) < 4.78 is 32.3. The van der Waals surface area contributed by atoms with Gasteiger partial charge in [0.25, 0.3) is 5.91 Å². The highest BCUT2D eigenvalue weighted by Crippen LogP contribution is 2.40. The van der Waals surface area contributed by atoms with Crippen molar-refractivity contribution in [1.29, 1.82) is 0 Å². The molecule has 3 rings (SSSR count). The van der Waals surface area contributed by atoms with Crippen LogP contribution in [0.15, 0.2) is 30.3 Å². The van der Waals surface area contributed by atoms with Crippen molar-refractivity contribution in [1.82, 2.24) is 9.88 Å². The third-order valence-electron chi connectivity index (χ3n) is 4.98. The number of amides is 1. The van der Waals surface area contributed by atoms with Crippen molar-refractivity contribution in [3.05, 3.63) is 41.7 Å². The molecule has 0 aliphatic heterocycles. The summed E-state index contributed by atoms with van der Waals surface area (Å²) in [5.41, 5.74) is 0.657. The molecule has 0 bridgehead atoms. The Balaban J connectivity index is 2.06. The summed E-state index contributed by atoms with van der Waals surface area (Å²) in [4.78, 5) is 21.9. The Labute approximate surface area is 204 Å². The Kier molecular flexibility index (Phi) is 9.06. The van der Waals surface area contributed by atoms with E-state index in [2.05, 4.69) is 9.88 Å². The number of aromatic nitrogens is 1. The van der Waals surface area contributed by atoms with Gasteiger partial charge in [0, 0.05) is 12.1 Å². The fraction of sp³-hybridized carbons (Fsp3) is 0.440. The monoisotopic (exact) mass is 489 g/mol. The predicted octanol–water partition coefficient (Wildman–Crippen LogP) is 5.23. The van der Waals surface area contributed by atoms with Gasteiger partial charge in [-0.05, 0) is 72.1 Å². The van der Waals surface area contributed by atoms with E-state index >= 15 is 0 Å². The zero-order valence-electron chi connectivity index (χ0n) is 20.4. The highest BCUT2D eigenvalue weighted by atomic mass is 32.1. The molecule has 0 aliphatic rings. The Bertz CT molecular complexity index is 1090. The number of fused-ring (bicyclic) bond motifs is 1. The molecule has 0 saturated heterocycles. The first-order valence-electron chi connectivity index (χ1n) is 11.5. The molecule has 1 amide bonds. The number of nitrogens with zero attached hydrogens (tertiary/aromatic N) is 3. The fourth-order valence-electron chi connectivity index (χ4n) is 3.52. The van der Waals surface area contributed by atoms with Crippen molar-refractivity contribution < 1.29 is 23.4 Å². The Hall–Kier alpha value is -2.91. The average Bonchev–Trinajstić information content (AvgIpc) is 3.24. The quantitative estimate of drug-likeness (QED) is 0.347. The highest BCUT2D eigenvalue weighted by Gasteiger charge is 2.25. The van der Waals surface area contributed by atoms with Gasteiger partial charge in [-0.2, -0.15) is 0 Å². The van der Waals surface area contributed by atoms with Gasteiger partial charge in [-0.15, -0.1) is 0 Å². The van der Waals surface area contributed by atoms with E-state index in [0.717, 1.165) is 13.0 Å². The van der Waals surface area contributed by atoms with Gasteiger partial charge in [0.15, 0.2) is 16.6 Å². The lowest BCUT2D eigenvalue weighted by Crippen LogP contribution is -2.33. The SMILES string of the molecule is CCOc1cc(C(=O)N(CCCN(C)C)c2nc3c(F)cccc3s2)cc(OCC)c1OCC. The maximum Gasteiger partial charge on any atom is 0.260 e. The molecule has 9 heteroatoms. The summed E-state index contributed by atoms with van der Waals surface area (Å²) in [6.45, 7) is 8.09. The fourth-order valence-corrected chi connectivity index (χ4v) is 4.52. The normalized spacial score (nSPS) is 11.1. The lowest BCUT2D eigenvalue weighted by Gasteiger charge is -2.22. The number of para-hydroxylation sites is 1. The molecule has 0 radical (unpaired) electrons. The maximum atomic E-state index is 14.3. The second-order valence-corrected chi connectivity index (χ2v) is 8.81. The molecule has 0 spiro atoms. The Morgan fingerprint density at radius 1 is 1.00 bits per heavy atom. The minimum atomic E-state index is -0.404. The molecule has 184 valence electrons. The van der Waals surface area contributed by atoms with Gasteiger partial charge in [0.2, 0.25) is 5.75 Å². The van der Waals surface area contributed by atoms with Crippen molar-refractivity contribution in [2.24, 2.45) is 0 Å². The number of rotatable bonds is 12. The molecule has 0 unspecified atom stereocenters. The van der Waals surface area contributed by atoms with E-state index in [1.165, 1.54) is 17.4 Å². The van der Waals surface area contributed by atoms with Crippen LogP contribution in [0.4, 0.5) is 9.52 Å². The number of carbonyl (C=O) groups excluding carboxylic acids is 1. The Morgan fingerprint density at radius 2 is 1.65 bits per heavy atom. The van der Waals surface area contributed by atoms with E-state index < -0.39 is 5.82 Å². The number of benzene rings is 2. The second-order valence-electron chi connectivity index (χ2n) is 7.80. The van der Waals surface area contributed by atoms with Crippen LogP contribution in [0.1, 0.15) is 37.6 Å². The molecular formula is C25H32FN3O4S. The molecule has 0 fully saturated rings. The molecule has 0 aliphatic carbocycles. The van der Waals surface area contributed by atoms with E-state index in [9.17, 15) is 9.18 Å². The standard InChI is InChI=1S/C25H32FN3O4S/c1-6-31-19-15-17(16-20(32-7-2)23(19)33-8-3)24(30)29(14-10-13-28(4)5)25-27-22-18(26)11-9-12-21(22)34-25/h9,11-12,15-16H,6-8,10,13-14H2,1-5H3. The lowest BCUT2D eigenvalue weighted by molar-refractivity contribution is 0.0985. The number of thiazole rings is 1. The second kappa shape index (κ2) is 12.0.